The van der Waals surface area contributed by atoms with E-state index in [0.717, 1.165) is 0 Å². The second kappa shape index (κ2) is 7.63. The van der Waals surface area contributed by atoms with E-state index in [4.69, 9.17) is 5.53 Å². The fourth-order valence-electron chi connectivity index (χ4n) is 0.563. The third kappa shape index (κ3) is 6.64. The summed E-state index contributed by atoms with van der Waals surface area (Å²) in [6.45, 7) is 3.97. The van der Waals surface area contributed by atoms with E-state index in [-0.39, 0.29) is 19.0 Å². The minimum Gasteiger partial charge on any atom is -0.461 e. The van der Waals surface area contributed by atoms with Crippen molar-refractivity contribution in [3.05, 3.63) is 23.1 Å². The number of hydrogen-bond donors (Lipinski definition) is 0. The average molecular weight is 169 g/mol. The zero-order valence-electron chi connectivity index (χ0n) is 6.77. The van der Waals surface area contributed by atoms with Crippen molar-refractivity contribution in [1.29, 1.82) is 0 Å². The van der Waals surface area contributed by atoms with Crippen LogP contribution in [0.3, 0.4) is 0 Å². The van der Waals surface area contributed by atoms with E-state index < -0.39 is 0 Å². The van der Waals surface area contributed by atoms with Gasteiger partial charge in [0, 0.05) is 17.9 Å². The van der Waals surface area contributed by atoms with Crippen LogP contribution >= 0.6 is 0 Å². The van der Waals surface area contributed by atoms with Gasteiger partial charge in [0.2, 0.25) is 0 Å². The number of azide groups is 1. The molecule has 0 aliphatic heterocycles. The fraction of sp³-hybridized carbons (Fsp3) is 0.571. The maximum absolute atomic E-state index is 10.8. The Morgan fingerprint density at radius 2 is 2.50 bits per heavy atom. The van der Waals surface area contributed by atoms with Crippen LogP contribution in [0.5, 0.6) is 0 Å². The smallest absolute Gasteiger partial charge is 0.306 e. The molecule has 0 aromatic carbocycles. The first-order valence-electron chi connectivity index (χ1n) is 3.58. The predicted octanol–water partition coefficient (Wildman–Crippen LogP) is 1.81. The molecule has 5 heteroatoms. The number of esters is 1. The van der Waals surface area contributed by atoms with Gasteiger partial charge in [-0.15, -0.1) is 0 Å². The Kier molecular flexibility index (Phi) is 6.68. The van der Waals surface area contributed by atoms with Gasteiger partial charge >= 0.3 is 5.97 Å². The van der Waals surface area contributed by atoms with E-state index >= 15 is 0 Å². The van der Waals surface area contributed by atoms with Crippen LogP contribution in [0.4, 0.5) is 0 Å². The fourth-order valence-corrected chi connectivity index (χ4v) is 0.563. The van der Waals surface area contributed by atoms with Gasteiger partial charge in [-0.25, -0.2) is 0 Å². The maximum Gasteiger partial charge on any atom is 0.306 e. The molecule has 0 saturated carbocycles. The molecule has 0 radical (unpaired) electrons. The third-order valence-electron chi connectivity index (χ3n) is 1.06. The molecule has 0 saturated heterocycles. The van der Waals surface area contributed by atoms with Crippen molar-refractivity contribution in [1.82, 2.24) is 0 Å². The molecule has 0 spiro atoms. The van der Waals surface area contributed by atoms with Gasteiger partial charge in [-0.1, -0.05) is 17.8 Å². The van der Waals surface area contributed by atoms with Gasteiger partial charge in [-0.2, -0.15) is 0 Å². The summed E-state index contributed by atoms with van der Waals surface area (Å²) in [5, 5.41) is 3.28. The van der Waals surface area contributed by atoms with Crippen molar-refractivity contribution in [2.75, 3.05) is 13.2 Å². The van der Waals surface area contributed by atoms with Crippen LogP contribution in [-0.2, 0) is 9.53 Å². The number of hydrogen-bond acceptors (Lipinski definition) is 3. The summed E-state index contributed by atoms with van der Waals surface area (Å²) in [5.74, 6) is -0.289. The first-order valence-corrected chi connectivity index (χ1v) is 3.58. The number of ether oxygens (including phenoxy) is 1. The molecule has 0 heterocycles. The van der Waals surface area contributed by atoms with Crippen LogP contribution in [0.25, 0.3) is 10.4 Å². The quantitative estimate of drug-likeness (QED) is 0.152. The van der Waals surface area contributed by atoms with E-state index in [1.54, 1.807) is 0 Å². The Hall–Kier alpha value is -1.48. The maximum atomic E-state index is 10.8. The lowest BCUT2D eigenvalue weighted by Crippen LogP contribution is -2.04. The molecule has 0 aliphatic carbocycles. The molecule has 5 nitrogen and oxygen atoms in total. The summed E-state index contributed by atoms with van der Waals surface area (Å²) in [7, 11) is 0. The monoisotopic (exact) mass is 169 g/mol. The second-order valence-corrected chi connectivity index (χ2v) is 2.03. The van der Waals surface area contributed by atoms with E-state index in [0.29, 0.717) is 13.0 Å². The van der Waals surface area contributed by atoms with Gasteiger partial charge in [0.1, 0.15) is 6.61 Å². The Labute approximate surface area is 70.6 Å². The van der Waals surface area contributed by atoms with Crippen LogP contribution in [0.2, 0.25) is 0 Å². The van der Waals surface area contributed by atoms with Crippen LogP contribution in [0.1, 0.15) is 12.8 Å². The molecule has 0 atom stereocenters. The van der Waals surface area contributed by atoms with Crippen molar-refractivity contribution in [2.24, 2.45) is 5.11 Å². The lowest BCUT2D eigenvalue weighted by Gasteiger charge is -1.98. The highest BCUT2D eigenvalue weighted by molar-refractivity contribution is 5.69. The van der Waals surface area contributed by atoms with E-state index in [1.807, 2.05) is 0 Å². The first kappa shape index (κ1) is 10.5. The van der Waals surface area contributed by atoms with Crippen molar-refractivity contribution in [3.8, 4) is 0 Å². The number of nitrogens with zero attached hydrogens (tertiary/aromatic N) is 3. The van der Waals surface area contributed by atoms with Crippen molar-refractivity contribution < 1.29 is 9.53 Å². The van der Waals surface area contributed by atoms with Crippen molar-refractivity contribution >= 4 is 5.97 Å². The molecule has 0 aliphatic rings. The molecule has 0 amide bonds. The van der Waals surface area contributed by atoms with Gasteiger partial charge in [0.15, 0.2) is 0 Å². The topological polar surface area (TPSA) is 75.1 Å². The molecular weight excluding hydrogens is 158 g/mol. The minimum absolute atomic E-state index is 0.236. The SMILES string of the molecule is C=CCOC(=O)CCCN=[N+]=[N-]. The van der Waals surface area contributed by atoms with Crippen molar-refractivity contribution in [2.45, 2.75) is 12.8 Å². The van der Waals surface area contributed by atoms with Crippen LogP contribution in [0, 0.1) is 0 Å². The van der Waals surface area contributed by atoms with Crippen LogP contribution in [0.15, 0.2) is 17.8 Å². The van der Waals surface area contributed by atoms with E-state index in [2.05, 4.69) is 21.3 Å². The highest BCUT2D eigenvalue weighted by Crippen LogP contribution is 1.93. The first-order chi connectivity index (χ1) is 5.81. The van der Waals surface area contributed by atoms with Gasteiger partial charge in [-0.3, -0.25) is 4.79 Å². The Morgan fingerprint density at radius 3 is 3.08 bits per heavy atom. The number of carbonyl (C=O) groups is 1. The predicted molar refractivity (Wildman–Crippen MR) is 44.4 cm³/mol. The standard InChI is InChI=1S/C7H11N3O2/c1-2-6-12-7(11)4-3-5-9-10-8/h2H,1,3-6H2. The summed E-state index contributed by atoms with van der Waals surface area (Å²) in [5.41, 5.74) is 7.90. The molecular formula is C7H11N3O2. The minimum atomic E-state index is -0.289. The lowest BCUT2D eigenvalue weighted by atomic mass is 10.3. The molecule has 0 N–H and O–H groups in total. The van der Waals surface area contributed by atoms with Gasteiger partial charge in [0.25, 0.3) is 0 Å². The summed E-state index contributed by atoms with van der Waals surface area (Å²) < 4.78 is 4.68. The molecule has 0 rings (SSSR count). The normalized spacial score (nSPS) is 8.33. The van der Waals surface area contributed by atoms with Crippen LogP contribution in [-0.4, -0.2) is 19.1 Å². The highest BCUT2D eigenvalue weighted by Gasteiger charge is 1.99. The Balaban J connectivity index is 3.30. The molecule has 0 aromatic heterocycles. The van der Waals surface area contributed by atoms with E-state index in [9.17, 15) is 4.79 Å². The van der Waals surface area contributed by atoms with Crippen LogP contribution < -0.4 is 0 Å². The number of rotatable bonds is 6. The average Bonchev–Trinajstić information content (AvgIpc) is 2.09. The highest BCUT2D eigenvalue weighted by atomic mass is 16.5. The Bertz CT molecular complexity index is 197. The molecule has 0 bridgehead atoms. The molecule has 12 heavy (non-hydrogen) atoms. The summed E-state index contributed by atoms with van der Waals surface area (Å²) in [6.07, 6.45) is 2.32. The van der Waals surface area contributed by atoms with Gasteiger partial charge in [0.05, 0.1) is 0 Å². The van der Waals surface area contributed by atoms with Crippen molar-refractivity contribution in [3.63, 3.8) is 0 Å². The third-order valence-corrected chi connectivity index (χ3v) is 1.06. The summed E-state index contributed by atoms with van der Waals surface area (Å²) in [6, 6.07) is 0. The zero-order chi connectivity index (χ0) is 9.23. The van der Waals surface area contributed by atoms with E-state index in [1.165, 1.54) is 6.08 Å². The lowest BCUT2D eigenvalue weighted by molar-refractivity contribution is -0.142. The second-order valence-electron chi connectivity index (χ2n) is 2.03. The van der Waals surface area contributed by atoms with Gasteiger partial charge < -0.3 is 4.74 Å². The zero-order valence-corrected chi connectivity index (χ0v) is 6.77. The molecule has 66 valence electrons. The largest absolute Gasteiger partial charge is 0.461 e. The Morgan fingerprint density at radius 1 is 1.75 bits per heavy atom. The molecule has 0 fully saturated rings. The number of carbonyl (C=O) groups excluding carboxylic acids is 1. The summed E-state index contributed by atoms with van der Waals surface area (Å²) >= 11 is 0. The summed E-state index contributed by atoms with van der Waals surface area (Å²) in [4.78, 5) is 13.3. The van der Waals surface area contributed by atoms with Gasteiger partial charge in [-0.05, 0) is 12.0 Å². The molecule has 0 aromatic rings. The molecule has 0 unspecified atom stereocenters.